The SMILES string of the molecule is Cc1ccccc1-n1nc(SCC(=O)N[C@H](C)C2CC2)sc1=S. The third-order valence-corrected chi connectivity index (χ3v) is 6.28. The van der Waals surface area contributed by atoms with Crippen LogP contribution in [0, 0.1) is 16.8 Å². The largest absolute Gasteiger partial charge is 0.353 e. The fraction of sp³-hybridized carbons (Fsp3) is 0.438. The molecule has 1 aliphatic carbocycles. The van der Waals surface area contributed by atoms with Crippen molar-refractivity contribution in [2.75, 3.05) is 5.75 Å². The lowest BCUT2D eigenvalue weighted by Gasteiger charge is -2.11. The summed E-state index contributed by atoms with van der Waals surface area (Å²) in [6.07, 6.45) is 2.47. The van der Waals surface area contributed by atoms with Crippen molar-refractivity contribution in [3.63, 3.8) is 0 Å². The van der Waals surface area contributed by atoms with Crippen LogP contribution in [0.15, 0.2) is 28.6 Å². The highest BCUT2D eigenvalue weighted by atomic mass is 32.2. The topological polar surface area (TPSA) is 46.9 Å². The maximum atomic E-state index is 12.0. The summed E-state index contributed by atoms with van der Waals surface area (Å²) in [6, 6.07) is 8.30. The van der Waals surface area contributed by atoms with Gasteiger partial charge >= 0.3 is 0 Å². The maximum absolute atomic E-state index is 12.0. The summed E-state index contributed by atoms with van der Waals surface area (Å²) in [5.41, 5.74) is 2.12. The molecule has 1 aromatic heterocycles. The quantitative estimate of drug-likeness (QED) is 0.621. The smallest absolute Gasteiger partial charge is 0.230 e. The molecule has 1 aliphatic rings. The van der Waals surface area contributed by atoms with Crippen LogP contribution in [-0.2, 0) is 4.79 Å². The molecule has 2 aromatic rings. The first-order valence-corrected chi connectivity index (χ1v) is 9.84. The maximum Gasteiger partial charge on any atom is 0.230 e. The molecule has 1 heterocycles. The van der Waals surface area contributed by atoms with Crippen LogP contribution in [-0.4, -0.2) is 27.5 Å². The molecule has 1 atom stereocenters. The zero-order chi connectivity index (χ0) is 16.4. The van der Waals surface area contributed by atoms with E-state index >= 15 is 0 Å². The van der Waals surface area contributed by atoms with Crippen molar-refractivity contribution in [2.24, 2.45) is 5.92 Å². The van der Waals surface area contributed by atoms with Gasteiger partial charge in [0.25, 0.3) is 0 Å². The number of amides is 1. The van der Waals surface area contributed by atoms with E-state index in [1.54, 1.807) is 4.68 Å². The van der Waals surface area contributed by atoms with Crippen LogP contribution in [0.3, 0.4) is 0 Å². The highest BCUT2D eigenvalue weighted by Gasteiger charge is 2.28. The predicted octanol–water partition coefficient (Wildman–Crippen LogP) is 3.98. The number of rotatable bonds is 6. The van der Waals surface area contributed by atoms with Gasteiger partial charge in [0.2, 0.25) is 5.91 Å². The average Bonchev–Trinajstić information content (AvgIpc) is 3.30. The van der Waals surface area contributed by atoms with Gasteiger partial charge in [0.15, 0.2) is 8.29 Å². The van der Waals surface area contributed by atoms with E-state index in [2.05, 4.69) is 17.3 Å². The lowest BCUT2D eigenvalue weighted by molar-refractivity contribution is -0.119. The summed E-state index contributed by atoms with van der Waals surface area (Å²) in [4.78, 5) is 12.0. The Hall–Kier alpha value is -1.18. The Bertz CT molecular complexity index is 764. The Labute approximate surface area is 149 Å². The van der Waals surface area contributed by atoms with Gasteiger partial charge < -0.3 is 5.32 Å². The lowest BCUT2D eigenvalue weighted by Crippen LogP contribution is -2.35. The zero-order valence-corrected chi connectivity index (χ0v) is 15.6. The number of hydrogen-bond donors (Lipinski definition) is 1. The van der Waals surface area contributed by atoms with Crippen LogP contribution < -0.4 is 5.32 Å². The number of aromatic nitrogens is 2. The molecule has 23 heavy (non-hydrogen) atoms. The molecule has 0 radical (unpaired) electrons. The van der Waals surface area contributed by atoms with Crippen LogP contribution >= 0.6 is 35.3 Å². The van der Waals surface area contributed by atoms with Gasteiger partial charge in [-0.25, -0.2) is 4.68 Å². The van der Waals surface area contributed by atoms with Crippen LogP contribution in [0.1, 0.15) is 25.3 Å². The third kappa shape index (κ3) is 4.22. The number of hydrogen-bond acceptors (Lipinski definition) is 5. The number of carbonyl (C=O) groups excluding carboxylic acids is 1. The van der Waals surface area contributed by atoms with E-state index in [0.717, 1.165) is 15.6 Å². The molecule has 1 fully saturated rings. The van der Waals surface area contributed by atoms with Crippen molar-refractivity contribution in [1.29, 1.82) is 0 Å². The minimum atomic E-state index is 0.0676. The Morgan fingerprint density at radius 3 is 2.96 bits per heavy atom. The van der Waals surface area contributed by atoms with E-state index < -0.39 is 0 Å². The van der Waals surface area contributed by atoms with E-state index in [0.29, 0.717) is 15.6 Å². The third-order valence-electron chi connectivity index (χ3n) is 3.92. The Kier molecular flexibility index (Phi) is 5.18. The summed E-state index contributed by atoms with van der Waals surface area (Å²) in [5, 5.41) is 7.61. The molecule has 0 spiro atoms. The summed E-state index contributed by atoms with van der Waals surface area (Å²) in [6.45, 7) is 4.12. The Morgan fingerprint density at radius 2 is 2.26 bits per heavy atom. The van der Waals surface area contributed by atoms with E-state index in [9.17, 15) is 4.79 Å². The summed E-state index contributed by atoms with van der Waals surface area (Å²) in [5.74, 6) is 1.12. The molecule has 1 saturated carbocycles. The second-order valence-electron chi connectivity index (χ2n) is 5.81. The molecule has 0 unspecified atom stereocenters. The first-order valence-electron chi connectivity index (χ1n) is 7.63. The Morgan fingerprint density at radius 1 is 1.52 bits per heavy atom. The second-order valence-corrected chi connectivity index (χ2v) is 8.66. The Balaban J connectivity index is 1.63. The normalized spacial score (nSPS) is 15.4. The fourth-order valence-corrected chi connectivity index (χ4v) is 4.57. The number of nitrogens with zero attached hydrogens (tertiary/aromatic N) is 2. The van der Waals surface area contributed by atoms with Crippen LogP contribution in [0.4, 0.5) is 0 Å². The molecule has 0 saturated heterocycles. The highest BCUT2D eigenvalue weighted by Crippen LogP contribution is 2.32. The summed E-state index contributed by atoms with van der Waals surface area (Å²) in [7, 11) is 0. The minimum Gasteiger partial charge on any atom is -0.353 e. The number of aryl methyl sites for hydroxylation is 1. The van der Waals surface area contributed by atoms with Crippen molar-refractivity contribution in [1.82, 2.24) is 15.1 Å². The minimum absolute atomic E-state index is 0.0676. The number of benzene rings is 1. The van der Waals surface area contributed by atoms with Gasteiger partial charge in [0, 0.05) is 6.04 Å². The molecule has 122 valence electrons. The molecule has 7 heteroatoms. The van der Waals surface area contributed by atoms with Crippen LogP contribution in [0.25, 0.3) is 5.69 Å². The van der Waals surface area contributed by atoms with Gasteiger partial charge in [0.05, 0.1) is 11.4 Å². The molecule has 1 aromatic carbocycles. The van der Waals surface area contributed by atoms with Crippen LogP contribution in [0.2, 0.25) is 0 Å². The van der Waals surface area contributed by atoms with Gasteiger partial charge in [-0.15, -0.1) is 5.10 Å². The number of nitrogens with one attached hydrogen (secondary N) is 1. The summed E-state index contributed by atoms with van der Waals surface area (Å²) < 4.78 is 3.31. The first-order chi connectivity index (χ1) is 11.0. The first kappa shape index (κ1) is 16.7. The monoisotopic (exact) mass is 365 g/mol. The van der Waals surface area contributed by atoms with Crippen molar-refractivity contribution in [3.8, 4) is 5.69 Å². The highest BCUT2D eigenvalue weighted by molar-refractivity contribution is 8.01. The predicted molar refractivity (Wildman–Crippen MR) is 98.1 cm³/mol. The number of thioether (sulfide) groups is 1. The van der Waals surface area contributed by atoms with E-state index in [1.165, 1.54) is 35.9 Å². The van der Waals surface area contributed by atoms with Gasteiger partial charge in [-0.1, -0.05) is 41.3 Å². The number of para-hydroxylation sites is 1. The lowest BCUT2D eigenvalue weighted by atomic mass is 10.2. The molecular formula is C16H19N3OS3. The van der Waals surface area contributed by atoms with Gasteiger partial charge in [-0.2, -0.15) is 0 Å². The molecular weight excluding hydrogens is 346 g/mol. The van der Waals surface area contributed by atoms with Gasteiger partial charge in [-0.05, 0) is 56.5 Å². The fourth-order valence-electron chi connectivity index (χ4n) is 2.41. The van der Waals surface area contributed by atoms with E-state index in [4.69, 9.17) is 12.2 Å². The van der Waals surface area contributed by atoms with Crippen molar-refractivity contribution < 1.29 is 4.79 Å². The van der Waals surface area contributed by atoms with Crippen molar-refractivity contribution >= 4 is 41.2 Å². The average molecular weight is 366 g/mol. The van der Waals surface area contributed by atoms with Gasteiger partial charge in [-0.3, -0.25) is 4.79 Å². The zero-order valence-electron chi connectivity index (χ0n) is 13.1. The molecule has 0 bridgehead atoms. The van der Waals surface area contributed by atoms with Crippen molar-refractivity contribution in [2.45, 2.75) is 37.1 Å². The summed E-state index contributed by atoms with van der Waals surface area (Å²) >= 11 is 8.30. The van der Waals surface area contributed by atoms with E-state index in [1.807, 2.05) is 31.2 Å². The van der Waals surface area contributed by atoms with Crippen LogP contribution in [0.5, 0.6) is 0 Å². The number of carbonyl (C=O) groups is 1. The van der Waals surface area contributed by atoms with Gasteiger partial charge in [0.1, 0.15) is 0 Å². The molecule has 4 nitrogen and oxygen atoms in total. The second kappa shape index (κ2) is 7.15. The molecule has 1 amide bonds. The molecule has 1 N–H and O–H groups in total. The van der Waals surface area contributed by atoms with Crippen molar-refractivity contribution in [3.05, 3.63) is 33.8 Å². The van der Waals surface area contributed by atoms with E-state index in [-0.39, 0.29) is 11.9 Å². The standard InChI is InChI=1S/C16H19N3OS3/c1-10-5-3-4-6-13(10)19-16(21)23-15(18-19)22-9-14(20)17-11(2)12-7-8-12/h3-6,11-12H,7-9H2,1-2H3,(H,17,20)/t11-/m1/s1. The molecule has 3 rings (SSSR count). The molecule has 0 aliphatic heterocycles.